The maximum atomic E-state index is 13.1. The smallest absolute Gasteiger partial charge is 0.322 e. The Morgan fingerprint density at radius 2 is 1.45 bits per heavy atom. The van der Waals surface area contributed by atoms with Crippen molar-refractivity contribution >= 4 is 23.2 Å². The first-order chi connectivity index (χ1) is 13.7. The number of rotatable bonds is 4. The fourth-order valence-electron chi connectivity index (χ4n) is 2.56. The Bertz CT molecular complexity index is 1050. The molecule has 0 atom stereocenters. The first-order valence-corrected chi connectivity index (χ1v) is 8.55. The van der Waals surface area contributed by atoms with Crippen LogP contribution in [0.2, 0.25) is 0 Å². The summed E-state index contributed by atoms with van der Waals surface area (Å²) in [6, 6.07) is 13.0. The van der Waals surface area contributed by atoms with Gasteiger partial charge in [-0.2, -0.15) is 13.2 Å². The largest absolute Gasteiger partial charge is 0.418 e. The minimum Gasteiger partial charge on any atom is -0.322 e. The van der Waals surface area contributed by atoms with Crippen molar-refractivity contribution in [3.05, 3.63) is 89.2 Å². The molecule has 2 aromatic carbocycles. The molecule has 0 spiro atoms. The summed E-state index contributed by atoms with van der Waals surface area (Å²) in [5.74, 6) is -1.30. The van der Waals surface area contributed by atoms with Crippen LogP contribution in [0.1, 0.15) is 31.8 Å². The van der Waals surface area contributed by atoms with Crippen LogP contribution in [0.3, 0.4) is 0 Å². The van der Waals surface area contributed by atoms with Gasteiger partial charge >= 0.3 is 6.18 Å². The van der Waals surface area contributed by atoms with Crippen LogP contribution in [-0.4, -0.2) is 16.8 Å². The second-order valence-corrected chi connectivity index (χ2v) is 6.28. The number of alkyl halides is 3. The number of carbonyl (C=O) groups excluding carboxylic acids is 2. The Labute approximate surface area is 164 Å². The molecule has 0 fully saturated rings. The van der Waals surface area contributed by atoms with E-state index in [9.17, 15) is 22.8 Å². The van der Waals surface area contributed by atoms with Gasteiger partial charge in [0, 0.05) is 18.1 Å². The van der Waals surface area contributed by atoms with Crippen molar-refractivity contribution < 1.29 is 22.8 Å². The third-order valence-electron chi connectivity index (χ3n) is 4.05. The zero-order chi connectivity index (χ0) is 21.0. The number of nitrogens with zero attached hydrogens (tertiary/aromatic N) is 1. The molecule has 0 aliphatic carbocycles. The predicted molar refractivity (Wildman–Crippen MR) is 103 cm³/mol. The molecule has 148 valence electrons. The Kier molecular flexibility index (Phi) is 5.63. The van der Waals surface area contributed by atoms with Crippen molar-refractivity contribution in [1.82, 2.24) is 4.98 Å². The lowest BCUT2D eigenvalue weighted by molar-refractivity contribution is -0.136. The summed E-state index contributed by atoms with van der Waals surface area (Å²) in [4.78, 5) is 28.7. The molecule has 0 radical (unpaired) electrons. The van der Waals surface area contributed by atoms with Gasteiger partial charge in [-0.25, -0.2) is 0 Å². The van der Waals surface area contributed by atoms with Gasteiger partial charge in [-0.05, 0) is 37.3 Å². The van der Waals surface area contributed by atoms with Gasteiger partial charge in [0.05, 0.1) is 22.4 Å². The van der Waals surface area contributed by atoms with Crippen LogP contribution in [0.15, 0.2) is 67.0 Å². The number of benzene rings is 2. The van der Waals surface area contributed by atoms with E-state index in [1.165, 1.54) is 30.6 Å². The van der Waals surface area contributed by atoms with E-state index >= 15 is 0 Å². The maximum Gasteiger partial charge on any atom is 0.418 e. The van der Waals surface area contributed by atoms with Crippen molar-refractivity contribution in [3.63, 3.8) is 0 Å². The number of amides is 2. The maximum absolute atomic E-state index is 13.1. The van der Waals surface area contributed by atoms with Crippen molar-refractivity contribution in [2.45, 2.75) is 13.1 Å². The van der Waals surface area contributed by atoms with Gasteiger partial charge in [-0.1, -0.05) is 29.8 Å². The van der Waals surface area contributed by atoms with Crippen LogP contribution >= 0.6 is 0 Å². The molecule has 1 aromatic heterocycles. The van der Waals surface area contributed by atoms with Crippen molar-refractivity contribution in [3.8, 4) is 0 Å². The molecule has 0 aliphatic heterocycles. The van der Waals surface area contributed by atoms with E-state index in [0.717, 1.165) is 17.7 Å². The first-order valence-electron chi connectivity index (χ1n) is 8.55. The quantitative estimate of drug-likeness (QED) is 0.655. The van der Waals surface area contributed by atoms with Crippen LogP contribution in [0, 0.1) is 6.92 Å². The van der Waals surface area contributed by atoms with Crippen molar-refractivity contribution in [2.75, 3.05) is 10.6 Å². The normalized spacial score (nSPS) is 11.0. The Hall–Kier alpha value is -3.68. The van der Waals surface area contributed by atoms with E-state index in [4.69, 9.17) is 0 Å². The van der Waals surface area contributed by atoms with E-state index in [-0.39, 0.29) is 16.8 Å². The zero-order valence-corrected chi connectivity index (χ0v) is 15.2. The van der Waals surface area contributed by atoms with E-state index in [2.05, 4.69) is 15.6 Å². The topological polar surface area (TPSA) is 71.1 Å². The number of pyridine rings is 1. The molecule has 8 heteroatoms. The predicted octanol–water partition coefficient (Wildman–Crippen LogP) is 4.91. The van der Waals surface area contributed by atoms with Crippen LogP contribution in [0.5, 0.6) is 0 Å². The summed E-state index contributed by atoms with van der Waals surface area (Å²) >= 11 is 0. The highest BCUT2D eigenvalue weighted by atomic mass is 19.4. The highest BCUT2D eigenvalue weighted by molar-refractivity contribution is 6.08. The molecule has 0 bridgehead atoms. The van der Waals surface area contributed by atoms with Crippen molar-refractivity contribution in [1.29, 1.82) is 0 Å². The molecule has 0 saturated carbocycles. The average molecular weight is 399 g/mol. The number of carbonyl (C=O) groups is 2. The number of aromatic nitrogens is 1. The molecule has 5 nitrogen and oxygen atoms in total. The van der Waals surface area contributed by atoms with Gasteiger partial charge < -0.3 is 10.6 Å². The van der Waals surface area contributed by atoms with Gasteiger partial charge in [-0.3, -0.25) is 14.6 Å². The highest BCUT2D eigenvalue weighted by Gasteiger charge is 2.33. The monoisotopic (exact) mass is 399 g/mol. The lowest BCUT2D eigenvalue weighted by Crippen LogP contribution is -2.18. The minimum atomic E-state index is -4.61. The van der Waals surface area contributed by atoms with Gasteiger partial charge in [0.25, 0.3) is 11.8 Å². The lowest BCUT2D eigenvalue weighted by Gasteiger charge is -2.13. The zero-order valence-electron chi connectivity index (χ0n) is 15.2. The summed E-state index contributed by atoms with van der Waals surface area (Å²) in [5, 5.41) is 4.90. The molecular weight excluding hydrogens is 383 g/mol. The second-order valence-electron chi connectivity index (χ2n) is 6.28. The van der Waals surface area contributed by atoms with E-state index in [1.54, 1.807) is 12.1 Å². The minimum absolute atomic E-state index is 0.0430. The van der Waals surface area contributed by atoms with Crippen LogP contribution in [0.25, 0.3) is 0 Å². The van der Waals surface area contributed by atoms with Gasteiger partial charge in [0.15, 0.2) is 0 Å². The van der Waals surface area contributed by atoms with Crippen LogP contribution < -0.4 is 10.6 Å². The molecule has 0 unspecified atom stereocenters. The number of hydrogen-bond acceptors (Lipinski definition) is 3. The summed E-state index contributed by atoms with van der Waals surface area (Å²) < 4.78 is 39.3. The van der Waals surface area contributed by atoms with E-state index < -0.39 is 23.6 Å². The van der Waals surface area contributed by atoms with E-state index in [1.807, 2.05) is 19.1 Å². The van der Waals surface area contributed by atoms with Gasteiger partial charge in [-0.15, -0.1) is 0 Å². The van der Waals surface area contributed by atoms with Crippen molar-refractivity contribution in [2.24, 2.45) is 0 Å². The first kappa shape index (κ1) is 20.1. The Morgan fingerprint density at radius 3 is 2.07 bits per heavy atom. The standard InChI is InChI=1S/C21H16F3N3O2/c1-13-6-8-16(9-7-13)26-19(28)14-10-15(12-25-11-14)20(29)27-18-5-3-2-4-17(18)21(22,23)24/h2-12H,1H3,(H,26,28)(H,27,29). The number of para-hydroxylation sites is 1. The molecule has 29 heavy (non-hydrogen) atoms. The molecular formula is C21H16F3N3O2. The third-order valence-corrected chi connectivity index (χ3v) is 4.05. The number of halogens is 3. The summed E-state index contributed by atoms with van der Waals surface area (Å²) in [6.45, 7) is 1.91. The lowest BCUT2D eigenvalue weighted by atomic mass is 10.1. The summed E-state index contributed by atoms with van der Waals surface area (Å²) in [7, 11) is 0. The Morgan fingerprint density at radius 1 is 0.862 bits per heavy atom. The van der Waals surface area contributed by atoms with Crippen LogP contribution in [-0.2, 0) is 6.18 Å². The molecule has 1 heterocycles. The Balaban J connectivity index is 1.78. The molecule has 3 aromatic rings. The second kappa shape index (κ2) is 8.14. The highest BCUT2D eigenvalue weighted by Crippen LogP contribution is 2.34. The molecule has 0 saturated heterocycles. The number of nitrogens with one attached hydrogen (secondary N) is 2. The third kappa shape index (κ3) is 4.98. The fraction of sp³-hybridized carbons (Fsp3) is 0.0952. The number of aryl methyl sites for hydroxylation is 1. The average Bonchev–Trinajstić information content (AvgIpc) is 2.69. The molecule has 2 amide bonds. The molecule has 2 N–H and O–H groups in total. The van der Waals surface area contributed by atoms with Gasteiger partial charge in [0.1, 0.15) is 0 Å². The fourth-order valence-corrected chi connectivity index (χ4v) is 2.56. The molecule has 0 aliphatic rings. The SMILES string of the molecule is Cc1ccc(NC(=O)c2cncc(C(=O)Nc3ccccc3C(F)(F)F)c2)cc1. The van der Waals surface area contributed by atoms with Gasteiger partial charge in [0.2, 0.25) is 0 Å². The van der Waals surface area contributed by atoms with E-state index in [0.29, 0.717) is 5.69 Å². The summed E-state index contributed by atoms with van der Waals surface area (Å²) in [6.07, 6.45) is -2.17. The van der Waals surface area contributed by atoms with Crippen LogP contribution in [0.4, 0.5) is 24.5 Å². The summed E-state index contributed by atoms with van der Waals surface area (Å²) in [5.41, 5.74) is 0.312. The number of anilines is 2. The number of hydrogen-bond donors (Lipinski definition) is 2. The molecule has 3 rings (SSSR count).